The van der Waals surface area contributed by atoms with Gasteiger partial charge in [-0.3, -0.25) is 0 Å². The Hall–Kier alpha value is -1.03. The van der Waals surface area contributed by atoms with Crippen LogP contribution < -0.4 is 10.1 Å². The molecule has 0 radical (unpaired) electrons. The van der Waals surface area contributed by atoms with E-state index in [-0.39, 0.29) is 6.04 Å². The van der Waals surface area contributed by atoms with Crippen molar-refractivity contribution in [2.75, 3.05) is 13.7 Å². The molecule has 1 heterocycles. The van der Waals surface area contributed by atoms with Crippen LogP contribution in [-0.2, 0) is 0 Å². The van der Waals surface area contributed by atoms with Crippen molar-refractivity contribution in [2.24, 2.45) is 0 Å². The number of thiophene rings is 1. The highest BCUT2D eigenvalue weighted by atomic mass is 35.5. The zero-order valence-corrected chi connectivity index (χ0v) is 12.9. The van der Waals surface area contributed by atoms with Crippen LogP contribution >= 0.6 is 22.9 Å². The van der Waals surface area contributed by atoms with Gasteiger partial charge in [0.05, 0.1) is 13.2 Å². The quantitative estimate of drug-likeness (QED) is 0.882. The third-order valence-electron chi connectivity index (χ3n) is 2.96. The van der Waals surface area contributed by atoms with Crippen LogP contribution in [-0.4, -0.2) is 13.7 Å². The van der Waals surface area contributed by atoms with Crippen LogP contribution in [0.1, 0.15) is 28.3 Å². The highest BCUT2D eigenvalue weighted by Gasteiger charge is 2.19. The topological polar surface area (TPSA) is 21.3 Å². The minimum absolute atomic E-state index is 0.149. The Labute approximate surface area is 123 Å². The highest BCUT2D eigenvalue weighted by molar-refractivity contribution is 7.12. The summed E-state index contributed by atoms with van der Waals surface area (Å²) in [5.74, 6) is 0.824. The molecule has 4 heteroatoms. The van der Waals surface area contributed by atoms with Crippen LogP contribution in [0.4, 0.5) is 0 Å². The standard InChI is InChI=1S/C15H18ClNOS/c1-4-17-15(14-8-5-10(2)19-14)12-7-6-11(16)9-13(12)18-3/h5-9,15,17H,4H2,1-3H3. The normalized spacial score (nSPS) is 12.4. The molecule has 0 aliphatic heterocycles. The Bertz CT molecular complexity index is 553. The number of nitrogens with one attached hydrogen (secondary N) is 1. The van der Waals surface area contributed by atoms with Crippen LogP contribution in [0.15, 0.2) is 30.3 Å². The SMILES string of the molecule is CCNC(c1ccc(C)s1)c1ccc(Cl)cc1OC. The van der Waals surface area contributed by atoms with E-state index in [4.69, 9.17) is 16.3 Å². The van der Waals surface area contributed by atoms with E-state index in [2.05, 4.69) is 31.3 Å². The molecule has 1 N–H and O–H groups in total. The van der Waals surface area contributed by atoms with Crippen molar-refractivity contribution in [3.8, 4) is 5.75 Å². The van der Waals surface area contributed by atoms with Gasteiger partial charge in [0.25, 0.3) is 0 Å². The minimum Gasteiger partial charge on any atom is -0.496 e. The zero-order valence-electron chi connectivity index (χ0n) is 11.4. The van der Waals surface area contributed by atoms with Gasteiger partial charge in [0.2, 0.25) is 0 Å². The fourth-order valence-electron chi connectivity index (χ4n) is 2.10. The zero-order chi connectivity index (χ0) is 13.8. The summed E-state index contributed by atoms with van der Waals surface area (Å²) in [5.41, 5.74) is 1.12. The van der Waals surface area contributed by atoms with Crippen molar-refractivity contribution < 1.29 is 4.74 Å². The van der Waals surface area contributed by atoms with Gasteiger partial charge >= 0.3 is 0 Å². The molecule has 0 aliphatic rings. The first kappa shape index (κ1) is 14.4. The Morgan fingerprint density at radius 1 is 1.32 bits per heavy atom. The molecule has 2 aromatic rings. The van der Waals surface area contributed by atoms with Gasteiger partial charge in [-0.2, -0.15) is 0 Å². The molecule has 0 fully saturated rings. The van der Waals surface area contributed by atoms with Crippen LogP contribution in [0, 0.1) is 6.92 Å². The molecule has 2 nitrogen and oxygen atoms in total. The van der Waals surface area contributed by atoms with Gasteiger partial charge in [-0.25, -0.2) is 0 Å². The number of benzene rings is 1. The maximum Gasteiger partial charge on any atom is 0.125 e. The largest absolute Gasteiger partial charge is 0.496 e. The smallest absolute Gasteiger partial charge is 0.125 e. The molecule has 1 unspecified atom stereocenters. The van der Waals surface area contributed by atoms with Crippen LogP contribution in [0.3, 0.4) is 0 Å². The lowest BCUT2D eigenvalue weighted by molar-refractivity contribution is 0.405. The maximum atomic E-state index is 6.03. The van der Waals surface area contributed by atoms with E-state index in [1.54, 1.807) is 18.4 Å². The predicted octanol–water partition coefficient (Wildman–Crippen LogP) is 4.42. The van der Waals surface area contributed by atoms with E-state index >= 15 is 0 Å². The summed E-state index contributed by atoms with van der Waals surface area (Å²) < 4.78 is 5.46. The number of halogens is 1. The number of aryl methyl sites for hydroxylation is 1. The summed E-state index contributed by atoms with van der Waals surface area (Å²) in [5, 5.41) is 4.20. The molecule has 0 bridgehead atoms. The lowest BCUT2D eigenvalue weighted by Gasteiger charge is -2.20. The van der Waals surface area contributed by atoms with Gasteiger partial charge in [0.15, 0.2) is 0 Å². The van der Waals surface area contributed by atoms with Gasteiger partial charge in [-0.05, 0) is 37.7 Å². The fraction of sp³-hybridized carbons (Fsp3) is 0.333. The second kappa shape index (κ2) is 6.42. The molecule has 1 aromatic carbocycles. The van der Waals surface area contributed by atoms with Gasteiger partial charge < -0.3 is 10.1 Å². The first-order chi connectivity index (χ1) is 9.15. The average Bonchev–Trinajstić information content (AvgIpc) is 2.82. The number of hydrogen-bond acceptors (Lipinski definition) is 3. The molecular weight excluding hydrogens is 278 g/mol. The molecule has 19 heavy (non-hydrogen) atoms. The summed E-state index contributed by atoms with van der Waals surface area (Å²) in [6.45, 7) is 5.12. The fourth-order valence-corrected chi connectivity index (χ4v) is 3.23. The predicted molar refractivity (Wildman–Crippen MR) is 82.6 cm³/mol. The Morgan fingerprint density at radius 3 is 2.68 bits per heavy atom. The molecule has 0 saturated carbocycles. The van der Waals surface area contributed by atoms with Gasteiger partial charge in [0, 0.05) is 20.3 Å². The van der Waals surface area contributed by atoms with E-state index in [0.29, 0.717) is 5.02 Å². The molecule has 0 amide bonds. The number of methoxy groups -OCH3 is 1. The van der Waals surface area contributed by atoms with Gasteiger partial charge in [-0.15, -0.1) is 11.3 Å². The van der Waals surface area contributed by atoms with E-state index in [0.717, 1.165) is 17.9 Å². The minimum atomic E-state index is 0.149. The van der Waals surface area contributed by atoms with Gasteiger partial charge in [-0.1, -0.05) is 24.6 Å². The molecule has 2 rings (SSSR count). The monoisotopic (exact) mass is 295 g/mol. The maximum absolute atomic E-state index is 6.03. The molecule has 0 spiro atoms. The van der Waals surface area contributed by atoms with E-state index in [1.165, 1.54) is 9.75 Å². The Morgan fingerprint density at radius 2 is 2.11 bits per heavy atom. The summed E-state index contributed by atoms with van der Waals surface area (Å²) >= 11 is 7.83. The van der Waals surface area contributed by atoms with Crippen molar-refractivity contribution in [1.82, 2.24) is 5.32 Å². The second-order valence-corrected chi connectivity index (χ2v) is 6.08. The van der Waals surface area contributed by atoms with Crippen molar-refractivity contribution >= 4 is 22.9 Å². The lowest BCUT2D eigenvalue weighted by atomic mass is 10.0. The molecule has 1 aromatic heterocycles. The van der Waals surface area contributed by atoms with Crippen LogP contribution in [0.5, 0.6) is 5.75 Å². The Balaban J connectivity index is 2.44. The molecule has 102 valence electrons. The van der Waals surface area contributed by atoms with Crippen LogP contribution in [0.25, 0.3) is 0 Å². The molecule has 0 saturated heterocycles. The number of hydrogen-bond donors (Lipinski definition) is 1. The van der Waals surface area contributed by atoms with E-state index in [1.807, 2.05) is 18.2 Å². The Kier molecular flexibility index (Phi) is 4.86. The average molecular weight is 296 g/mol. The highest BCUT2D eigenvalue weighted by Crippen LogP contribution is 2.35. The number of rotatable bonds is 5. The third kappa shape index (κ3) is 3.30. The van der Waals surface area contributed by atoms with Crippen molar-refractivity contribution in [3.05, 3.63) is 50.7 Å². The first-order valence-electron chi connectivity index (χ1n) is 6.29. The van der Waals surface area contributed by atoms with Crippen molar-refractivity contribution in [1.29, 1.82) is 0 Å². The number of ether oxygens (including phenoxy) is 1. The summed E-state index contributed by atoms with van der Waals surface area (Å²) in [6, 6.07) is 10.3. The van der Waals surface area contributed by atoms with Gasteiger partial charge in [0.1, 0.15) is 5.75 Å². The summed E-state index contributed by atoms with van der Waals surface area (Å²) in [4.78, 5) is 2.60. The summed E-state index contributed by atoms with van der Waals surface area (Å²) in [6.07, 6.45) is 0. The molecular formula is C15H18ClNOS. The van der Waals surface area contributed by atoms with E-state index in [9.17, 15) is 0 Å². The van der Waals surface area contributed by atoms with Crippen LogP contribution in [0.2, 0.25) is 5.02 Å². The third-order valence-corrected chi connectivity index (χ3v) is 4.26. The second-order valence-electron chi connectivity index (χ2n) is 4.33. The van der Waals surface area contributed by atoms with Crippen molar-refractivity contribution in [3.63, 3.8) is 0 Å². The summed E-state index contributed by atoms with van der Waals surface area (Å²) in [7, 11) is 1.68. The van der Waals surface area contributed by atoms with Crippen molar-refractivity contribution in [2.45, 2.75) is 19.9 Å². The molecule has 0 aliphatic carbocycles. The molecule has 1 atom stereocenters. The first-order valence-corrected chi connectivity index (χ1v) is 7.48. The lowest BCUT2D eigenvalue weighted by Crippen LogP contribution is -2.21. The van der Waals surface area contributed by atoms with E-state index < -0.39 is 0 Å².